The molecule has 3 N–H and O–H groups in total. The number of carbonyl (C=O) groups excluding carboxylic acids is 2. The smallest absolute Gasteiger partial charge is 0.394 e. The summed E-state index contributed by atoms with van der Waals surface area (Å²) in [6, 6.07) is -0.553. The Morgan fingerprint density at radius 3 is 2.75 bits per heavy atom. The lowest BCUT2D eigenvalue weighted by Gasteiger charge is -2.47. The largest absolute Gasteiger partial charge is 0.430 e. The first kappa shape index (κ1) is 13.7. The Balaban J connectivity index is 1.98. The molecule has 8 nitrogen and oxygen atoms in total. The van der Waals surface area contributed by atoms with Gasteiger partial charge in [-0.05, 0) is 0 Å². The van der Waals surface area contributed by atoms with E-state index in [1.165, 1.54) is 12.3 Å². The minimum absolute atomic E-state index is 0.362. The van der Waals surface area contributed by atoms with Crippen LogP contribution in [0.15, 0.2) is 12.3 Å². The Morgan fingerprint density at radius 2 is 2.25 bits per heavy atom. The molecule has 0 aromatic rings. The molecule has 2 saturated heterocycles. The van der Waals surface area contributed by atoms with Crippen LogP contribution in [-0.4, -0.2) is 70.9 Å². The van der Waals surface area contributed by atoms with E-state index in [1.54, 1.807) is 7.05 Å². The van der Waals surface area contributed by atoms with Crippen molar-refractivity contribution in [2.45, 2.75) is 30.5 Å². The van der Waals surface area contributed by atoms with Crippen molar-refractivity contribution in [2.75, 3.05) is 20.3 Å². The van der Waals surface area contributed by atoms with Crippen LogP contribution in [-0.2, 0) is 14.3 Å². The fourth-order valence-electron chi connectivity index (χ4n) is 3.05. The molecule has 0 saturated carbocycles. The molecule has 1 unspecified atom stereocenters. The SMILES string of the molecule is C[N+]1([C@@H]2O[C@H](CO)[C@H](O)[C@]23CCO3)C=CC(=O)NC1=O. The van der Waals surface area contributed by atoms with Gasteiger partial charge in [-0.3, -0.25) is 4.79 Å². The third kappa shape index (κ3) is 1.60. The number of amides is 3. The summed E-state index contributed by atoms with van der Waals surface area (Å²) in [7, 11) is 1.57. The van der Waals surface area contributed by atoms with Gasteiger partial charge in [0.05, 0.1) is 26.3 Å². The molecule has 0 bridgehead atoms. The van der Waals surface area contributed by atoms with Crippen molar-refractivity contribution < 1.29 is 33.8 Å². The van der Waals surface area contributed by atoms with E-state index < -0.39 is 36.0 Å². The van der Waals surface area contributed by atoms with Gasteiger partial charge < -0.3 is 19.7 Å². The zero-order valence-corrected chi connectivity index (χ0v) is 11.0. The van der Waals surface area contributed by atoms with Crippen LogP contribution < -0.4 is 5.32 Å². The molecule has 3 amide bonds. The Hall–Kier alpha value is -1.32. The molecule has 0 aliphatic carbocycles. The second-order valence-electron chi connectivity index (χ2n) is 5.47. The van der Waals surface area contributed by atoms with Gasteiger partial charge in [0.1, 0.15) is 18.4 Å². The van der Waals surface area contributed by atoms with Crippen LogP contribution in [0.5, 0.6) is 0 Å². The lowest BCUT2D eigenvalue weighted by Crippen LogP contribution is -2.70. The molecule has 0 radical (unpaired) electrons. The first-order valence-corrected chi connectivity index (χ1v) is 6.43. The van der Waals surface area contributed by atoms with Crippen LogP contribution in [0.3, 0.4) is 0 Å². The maximum atomic E-state index is 12.2. The predicted molar refractivity (Wildman–Crippen MR) is 63.9 cm³/mol. The molecule has 110 valence electrons. The number of hydrogen-bond acceptors (Lipinski definition) is 6. The topological polar surface area (TPSA) is 105 Å². The van der Waals surface area contributed by atoms with Crippen molar-refractivity contribution in [3.8, 4) is 0 Å². The number of ether oxygens (including phenoxy) is 2. The Labute approximate surface area is 115 Å². The van der Waals surface area contributed by atoms with E-state index in [-0.39, 0.29) is 11.1 Å². The van der Waals surface area contributed by atoms with E-state index in [9.17, 15) is 19.8 Å². The molecule has 0 aromatic heterocycles. The summed E-state index contributed by atoms with van der Waals surface area (Å²) in [5.74, 6) is -0.494. The molecule has 0 aromatic carbocycles. The number of aliphatic hydroxyl groups excluding tert-OH is 2. The number of urea groups is 1. The van der Waals surface area contributed by atoms with E-state index >= 15 is 0 Å². The average molecular weight is 285 g/mol. The van der Waals surface area contributed by atoms with Gasteiger partial charge in [-0.2, -0.15) is 4.48 Å². The third-order valence-corrected chi connectivity index (χ3v) is 4.31. The quantitative estimate of drug-likeness (QED) is 0.530. The third-order valence-electron chi connectivity index (χ3n) is 4.31. The molecule has 3 rings (SSSR count). The highest BCUT2D eigenvalue weighted by molar-refractivity contribution is 6.00. The number of hydrogen-bond donors (Lipinski definition) is 3. The monoisotopic (exact) mass is 285 g/mol. The van der Waals surface area contributed by atoms with Crippen molar-refractivity contribution in [2.24, 2.45) is 0 Å². The summed E-state index contributed by atoms with van der Waals surface area (Å²) < 4.78 is 10.8. The minimum atomic E-state index is -1.02. The second-order valence-corrected chi connectivity index (χ2v) is 5.47. The zero-order valence-electron chi connectivity index (χ0n) is 11.0. The fraction of sp³-hybridized carbons (Fsp3) is 0.667. The number of imide groups is 1. The van der Waals surface area contributed by atoms with Crippen LogP contribution in [0.25, 0.3) is 0 Å². The highest BCUT2D eigenvalue weighted by atomic mass is 16.6. The lowest BCUT2D eigenvalue weighted by molar-refractivity contribution is -0.843. The summed E-state index contributed by atoms with van der Waals surface area (Å²) in [4.78, 5) is 23.4. The molecule has 3 aliphatic rings. The highest BCUT2D eigenvalue weighted by Gasteiger charge is 2.69. The molecular weight excluding hydrogens is 268 g/mol. The first-order valence-electron chi connectivity index (χ1n) is 6.43. The van der Waals surface area contributed by atoms with Crippen LogP contribution in [0, 0.1) is 0 Å². The number of carbonyl (C=O) groups is 2. The summed E-state index contributed by atoms with van der Waals surface area (Å²) in [6.07, 6.45) is 0.553. The first-order chi connectivity index (χ1) is 9.44. The zero-order chi connectivity index (χ0) is 14.5. The predicted octanol–water partition coefficient (Wildman–Crippen LogP) is -1.57. The molecule has 8 heteroatoms. The summed E-state index contributed by atoms with van der Waals surface area (Å²) >= 11 is 0. The second kappa shape index (κ2) is 4.34. The van der Waals surface area contributed by atoms with Crippen LogP contribution >= 0.6 is 0 Å². The standard InChI is InChI=1S/C12H16N2O6/c1-14(4-2-8(16)13-11(14)18)10-12(3-5-19-12)9(17)7(6-15)20-10/h2,4,7,9-10,15,17H,3,5-6H2,1H3/p+1/t7-,9+,10-,12-,14?/m1/s1. The van der Waals surface area contributed by atoms with Crippen LogP contribution in [0.1, 0.15) is 6.42 Å². The maximum absolute atomic E-state index is 12.2. The number of aliphatic hydroxyl groups is 2. The number of rotatable bonds is 2. The lowest BCUT2D eigenvalue weighted by atomic mass is 9.85. The average Bonchev–Trinajstić information content (AvgIpc) is 2.67. The summed E-state index contributed by atoms with van der Waals surface area (Å²) in [6.45, 7) is 0.0897. The molecule has 3 aliphatic heterocycles. The highest BCUT2D eigenvalue weighted by Crippen LogP contribution is 2.46. The Morgan fingerprint density at radius 1 is 1.55 bits per heavy atom. The van der Waals surface area contributed by atoms with Gasteiger partial charge >= 0.3 is 6.03 Å². The molecule has 1 spiro atoms. The Kier molecular flexibility index (Phi) is 2.96. The van der Waals surface area contributed by atoms with Gasteiger partial charge in [0.2, 0.25) is 6.23 Å². The molecular formula is C12H17N2O6+. The van der Waals surface area contributed by atoms with Crippen molar-refractivity contribution in [1.82, 2.24) is 5.32 Å². The van der Waals surface area contributed by atoms with Gasteiger partial charge in [-0.1, -0.05) is 0 Å². The van der Waals surface area contributed by atoms with Gasteiger partial charge in [0, 0.05) is 6.42 Å². The molecule has 2 fully saturated rings. The number of nitrogens with one attached hydrogen (secondary N) is 1. The van der Waals surface area contributed by atoms with Crippen molar-refractivity contribution in [3.63, 3.8) is 0 Å². The Bertz CT molecular complexity index is 488. The number of likely N-dealkylation sites (N-methyl/N-ethyl adjacent to an activating group) is 1. The van der Waals surface area contributed by atoms with E-state index in [0.717, 1.165) is 0 Å². The van der Waals surface area contributed by atoms with Gasteiger partial charge in [0.25, 0.3) is 5.91 Å². The van der Waals surface area contributed by atoms with Crippen molar-refractivity contribution in [3.05, 3.63) is 12.3 Å². The molecule has 5 atom stereocenters. The summed E-state index contributed by atoms with van der Waals surface area (Å²) in [5, 5.41) is 21.8. The fourth-order valence-corrected chi connectivity index (χ4v) is 3.05. The van der Waals surface area contributed by atoms with Gasteiger partial charge in [-0.15, -0.1) is 0 Å². The molecule has 3 heterocycles. The van der Waals surface area contributed by atoms with E-state index in [2.05, 4.69) is 5.32 Å². The van der Waals surface area contributed by atoms with Crippen molar-refractivity contribution >= 4 is 11.9 Å². The van der Waals surface area contributed by atoms with Gasteiger partial charge in [-0.25, -0.2) is 10.1 Å². The number of quaternary nitrogens is 1. The number of nitrogens with zero attached hydrogens (tertiary/aromatic N) is 1. The van der Waals surface area contributed by atoms with E-state index in [1.807, 2.05) is 0 Å². The van der Waals surface area contributed by atoms with Crippen LogP contribution in [0.2, 0.25) is 0 Å². The maximum Gasteiger partial charge on any atom is 0.430 e. The van der Waals surface area contributed by atoms with Crippen molar-refractivity contribution in [1.29, 1.82) is 0 Å². The molecule has 20 heavy (non-hydrogen) atoms. The van der Waals surface area contributed by atoms with Crippen LogP contribution in [0.4, 0.5) is 4.79 Å². The van der Waals surface area contributed by atoms with E-state index in [0.29, 0.717) is 13.0 Å². The van der Waals surface area contributed by atoms with Gasteiger partial charge in [0.15, 0.2) is 5.60 Å². The summed E-state index contributed by atoms with van der Waals surface area (Å²) in [5.41, 5.74) is -1.02. The normalized spacial score (nSPS) is 47.5. The van der Waals surface area contributed by atoms with E-state index in [4.69, 9.17) is 9.47 Å². The minimum Gasteiger partial charge on any atom is -0.394 e.